The molecule has 0 bridgehead atoms. The van der Waals surface area contributed by atoms with Crippen molar-refractivity contribution < 1.29 is 19.8 Å². The van der Waals surface area contributed by atoms with Crippen molar-refractivity contribution in [1.29, 1.82) is 0 Å². The lowest BCUT2D eigenvalue weighted by molar-refractivity contribution is -0.151. The van der Waals surface area contributed by atoms with Gasteiger partial charge in [0.25, 0.3) is 0 Å². The van der Waals surface area contributed by atoms with Gasteiger partial charge in [0.05, 0.1) is 6.04 Å². The van der Waals surface area contributed by atoms with E-state index in [0.717, 1.165) is 0 Å². The number of likely N-dealkylation sites (tertiary alicyclic amines) is 1. The van der Waals surface area contributed by atoms with Gasteiger partial charge >= 0.3 is 6.03 Å². The van der Waals surface area contributed by atoms with E-state index >= 15 is 0 Å². The van der Waals surface area contributed by atoms with Crippen molar-refractivity contribution in [3.63, 3.8) is 0 Å². The highest BCUT2D eigenvalue weighted by atomic mass is 16.5. The van der Waals surface area contributed by atoms with Gasteiger partial charge < -0.3 is 25.7 Å². The monoisotopic (exact) mass is 369 g/mol. The normalized spacial score (nSPS) is 28.6. The third-order valence-corrected chi connectivity index (χ3v) is 5.73. The van der Waals surface area contributed by atoms with Crippen LogP contribution in [-0.2, 0) is 4.79 Å². The molecule has 2 rings (SSSR count). The Morgan fingerprint density at radius 3 is 2.08 bits per heavy atom. The van der Waals surface area contributed by atoms with Crippen molar-refractivity contribution in [2.75, 3.05) is 6.54 Å². The number of nitrogens with one attached hydrogen (secondary N) is 2. The largest absolute Gasteiger partial charge is 0.366 e. The summed E-state index contributed by atoms with van der Waals surface area (Å²) in [5, 5.41) is 25.4. The smallest absolute Gasteiger partial charge is 0.315 e. The summed E-state index contributed by atoms with van der Waals surface area (Å²) in [7, 11) is 0. The number of rotatable bonds is 3. The first kappa shape index (κ1) is 21.0. The number of urea groups is 1. The second kappa shape index (κ2) is 6.37. The van der Waals surface area contributed by atoms with Crippen LogP contribution in [0.25, 0.3) is 0 Å². The zero-order chi connectivity index (χ0) is 20.2. The lowest BCUT2D eigenvalue weighted by Gasteiger charge is -2.39. The van der Waals surface area contributed by atoms with E-state index in [1.165, 1.54) is 0 Å². The molecule has 0 spiro atoms. The summed E-state index contributed by atoms with van der Waals surface area (Å²) in [4.78, 5) is 27.1. The predicted octanol–water partition coefficient (Wildman–Crippen LogP) is 1.29. The van der Waals surface area contributed by atoms with Gasteiger partial charge in [0.15, 0.2) is 6.29 Å². The van der Waals surface area contributed by atoms with Crippen molar-refractivity contribution in [3.8, 4) is 0 Å². The molecule has 2 aliphatic rings. The zero-order valence-electron chi connectivity index (χ0n) is 17.3. The molecule has 1 heterocycles. The molecule has 4 N–H and O–H groups in total. The quantitative estimate of drug-likeness (QED) is 0.563. The molecule has 4 atom stereocenters. The molecule has 1 saturated carbocycles. The second-order valence-corrected chi connectivity index (χ2v) is 10.5. The summed E-state index contributed by atoms with van der Waals surface area (Å²) < 4.78 is 0. The van der Waals surface area contributed by atoms with Crippen molar-refractivity contribution in [1.82, 2.24) is 15.5 Å². The minimum Gasteiger partial charge on any atom is -0.366 e. The van der Waals surface area contributed by atoms with Gasteiger partial charge in [0.1, 0.15) is 6.04 Å². The molecule has 7 heteroatoms. The molecule has 0 aromatic carbocycles. The van der Waals surface area contributed by atoms with Crippen LogP contribution in [0.1, 0.15) is 55.4 Å². The molecule has 2 fully saturated rings. The molecule has 0 aromatic rings. The van der Waals surface area contributed by atoms with Crippen LogP contribution in [0.5, 0.6) is 0 Å². The van der Waals surface area contributed by atoms with Gasteiger partial charge in [-0.25, -0.2) is 4.79 Å². The van der Waals surface area contributed by atoms with E-state index in [4.69, 9.17) is 0 Å². The number of amides is 3. The number of nitrogens with zero attached hydrogens (tertiary/aromatic N) is 1. The maximum absolute atomic E-state index is 13.2. The Hall–Kier alpha value is -1.34. The SMILES string of the molecule is CC(C)(C)NC(=O)N[C@H](C(=O)N1CC2C([C@H]1C(O)O)C2(C)C)C(C)(C)C. The van der Waals surface area contributed by atoms with Crippen LogP contribution in [-0.4, -0.2) is 57.5 Å². The Morgan fingerprint density at radius 2 is 1.65 bits per heavy atom. The van der Waals surface area contributed by atoms with Crippen molar-refractivity contribution in [3.05, 3.63) is 0 Å². The molecule has 150 valence electrons. The average molecular weight is 370 g/mol. The van der Waals surface area contributed by atoms with Crippen molar-refractivity contribution >= 4 is 11.9 Å². The number of carbonyl (C=O) groups is 2. The predicted molar refractivity (Wildman–Crippen MR) is 99.2 cm³/mol. The summed E-state index contributed by atoms with van der Waals surface area (Å²) in [6, 6.07) is -1.79. The zero-order valence-corrected chi connectivity index (χ0v) is 17.3. The van der Waals surface area contributed by atoms with Crippen LogP contribution in [0.4, 0.5) is 4.79 Å². The van der Waals surface area contributed by atoms with Gasteiger partial charge in [-0.3, -0.25) is 4.79 Å². The Labute approximate surface area is 156 Å². The molecule has 2 unspecified atom stereocenters. The number of hydrogen-bond donors (Lipinski definition) is 4. The van der Waals surface area contributed by atoms with Crippen LogP contribution in [0.3, 0.4) is 0 Å². The second-order valence-electron chi connectivity index (χ2n) is 10.5. The first-order chi connectivity index (χ1) is 11.6. The van der Waals surface area contributed by atoms with Crippen LogP contribution in [0.15, 0.2) is 0 Å². The van der Waals surface area contributed by atoms with Gasteiger partial charge in [-0.15, -0.1) is 0 Å². The molecule has 7 nitrogen and oxygen atoms in total. The van der Waals surface area contributed by atoms with E-state index < -0.39 is 35.4 Å². The topological polar surface area (TPSA) is 102 Å². The fraction of sp³-hybridized carbons (Fsp3) is 0.895. The minimum absolute atomic E-state index is 0.0133. The minimum atomic E-state index is -1.58. The number of aliphatic hydroxyl groups excluding tert-OH is 1. The highest BCUT2D eigenvalue weighted by Gasteiger charge is 2.69. The molecular weight excluding hydrogens is 334 g/mol. The number of fused-ring (bicyclic) bond motifs is 1. The number of carbonyl (C=O) groups excluding carboxylic acids is 2. The third kappa shape index (κ3) is 3.98. The molecule has 1 saturated heterocycles. The fourth-order valence-electron chi connectivity index (χ4n) is 4.25. The Kier molecular flexibility index (Phi) is 5.14. The van der Waals surface area contributed by atoms with Gasteiger partial charge in [-0.1, -0.05) is 34.6 Å². The molecule has 0 radical (unpaired) electrons. The van der Waals surface area contributed by atoms with Gasteiger partial charge in [-0.05, 0) is 43.4 Å². The van der Waals surface area contributed by atoms with E-state index in [2.05, 4.69) is 24.5 Å². The Bertz CT molecular complexity index is 574. The van der Waals surface area contributed by atoms with Crippen LogP contribution in [0.2, 0.25) is 0 Å². The Morgan fingerprint density at radius 1 is 1.12 bits per heavy atom. The van der Waals surface area contributed by atoms with Crippen LogP contribution >= 0.6 is 0 Å². The summed E-state index contributed by atoms with van der Waals surface area (Å²) in [5.74, 6) is 0.0837. The van der Waals surface area contributed by atoms with Crippen LogP contribution < -0.4 is 10.6 Å². The van der Waals surface area contributed by atoms with Crippen molar-refractivity contribution in [2.24, 2.45) is 22.7 Å². The van der Waals surface area contributed by atoms with E-state index in [0.29, 0.717) is 6.54 Å². The van der Waals surface area contributed by atoms with Crippen molar-refractivity contribution in [2.45, 2.75) is 79.3 Å². The highest BCUT2D eigenvalue weighted by Crippen LogP contribution is 2.65. The summed E-state index contributed by atoms with van der Waals surface area (Å²) in [6.07, 6.45) is -1.58. The summed E-state index contributed by atoms with van der Waals surface area (Å²) in [5.41, 5.74) is -0.919. The molecule has 3 amide bonds. The van der Waals surface area contributed by atoms with E-state index in [1.807, 2.05) is 41.5 Å². The number of hydrogen-bond acceptors (Lipinski definition) is 4. The van der Waals surface area contributed by atoms with Gasteiger partial charge in [0, 0.05) is 12.1 Å². The van der Waals surface area contributed by atoms with E-state index in [-0.39, 0.29) is 23.2 Å². The lowest BCUT2D eigenvalue weighted by Crippen LogP contribution is -2.61. The maximum atomic E-state index is 13.2. The summed E-state index contributed by atoms with van der Waals surface area (Å²) >= 11 is 0. The molecular formula is C19H35N3O4. The average Bonchev–Trinajstić information content (AvgIpc) is 2.81. The van der Waals surface area contributed by atoms with Gasteiger partial charge in [0.2, 0.25) is 5.91 Å². The molecule has 1 aliphatic carbocycles. The molecule has 26 heavy (non-hydrogen) atoms. The van der Waals surface area contributed by atoms with E-state index in [9.17, 15) is 19.8 Å². The number of aliphatic hydroxyl groups is 2. The van der Waals surface area contributed by atoms with E-state index in [1.54, 1.807) is 4.90 Å². The van der Waals surface area contributed by atoms with Crippen LogP contribution in [0, 0.1) is 22.7 Å². The lowest BCUT2D eigenvalue weighted by atomic mass is 9.85. The molecule has 0 aromatic heterocycles. The highest BCUT2D eigenvalue weighted by molar-refractivity contribution is 5.88. The third-order valence-electron chi connectivity index (χ3n) is 5.73. The van der Waals surface area contributed by atoms with Gasteiger partial charge in [-0.2, -0.15) is 0 Å². The maximum Gasteiger partial charge on any atom is 0.315 e. The first-order valence-corrected chi connectivity index (χ1v) is 9.32. The fourth-order valence-corrected chi connectivity index (χ4v) is 4.25. The number of piperidine rings is 1. The molecule has 1 aliphatic heterocycles. The summed E-state index contributed by atoms with van der Waals surface area (Å²) in [6.45, 7) is 16.0. The first-order valence-electron chi connectivity index (χ1n) is 9.32. The Balaban J connectivity index is 2.19. The standard InChI is InChI=1S/C19H35N3O4/c1-17(2,3)13(20-16(26)21-18(4,5)6)14(23)22-9-10-11(19(10,7)8)12(22)15(24)25/h10-13,15,24-25H,9H2,1-8H3,(H2,20,21,26)/t10?,11?,12-,13+/m0/s1.